The highest BCUT2D eigenvalue weighted by Crippen LogP contribution is 2.26. The second kappa shape index (κ2) is 17.5. The molecule has 9 nitrogen and oxygen atoms in total. The molecule has 4 N–H and O–H groups in total. The maximum absolute atomic E-state index is 13.6. The minimum Gasteiger partial charge on any atom is -0.376 e. The number of hydrogen-bond donors (Lipinski definition) is 4. The van der Waals surface area contributed by atoms with E-state index in [4.69, 9.17) is 27.9 Å². The minimum atomic E-state index is -0.811. The fourth-order valence-corrected chi connectivity index (χ4v) is 4.60. The highest BCUT2D eigenvalue weighted by atomic mass is 35.5. The molecule has 0 radical (unpaired) electrons. The zero-order chi connectivity index (χ0) is 30.3. The number of amides is 2. The molecule has 42 heavy (non-hydrogen) atoms. The average Bonchev–Trinajstić information content (AvgIpc) is 2.95. The van der Waals surface area contributed by atoms with Gasteiger partial charge in [-0.05, 0) is 55.3 Å². The number of anilines is 1. The molecule has 3 rings (SSSR count). The van der Waals surface area contributed by atoms with Crippen LogP contribution in [0.4, 0.5) is 5.82 Å². The number of pyridine rings is 1. The average molecular weight is 615 g/mol. The van der Waals surface area contributed by atoms with Crippen molar-refractivity contribution in [2.45, 2.75) is 45.4 Å². The summed E-state index contributed by atoms with van der Waals surface area (Å²) in [5.74, 6) is -1.15. The number of rotatable bonds is 17. The fraction of sp³-hybridized carbons (Fsp3) is 0.355. The number of Topliss-reactive ketones (excluding diaryl/α,β-unsaturated/α-hetero) is 1. The van der Waals surface area contributed by atoms with Crippen LogP contribution in [0.1, 0.15) is 43.9 Å². The van der Waals surface area contributed by atoms with Crippen molar-refractivity contribution in [1.29, 1.82) is 0 Å². The van der Waals surface area contributed by atoms with Gasteiger partial charge in [-0.3, -0.25) is 19.7 Å². The van der Waals surface area contributed by atoms with Crippen LogP contribution in [0.2, 0.25) is 10.0 Å². The number of nitrogens with zero attached hydrogens (tertiary/aromatic N) is 1. The molecule has 1 heterocycles. The van der Waals surface area contributed by atoms with Gasteiger partial charge in [0.05, 0.1) is 44.8 Å². The Kier molecular flexibility index (Phi) is 13.7. The molecule has 0 fully saturated rings. The van der Waals surface area contributed by atoms with Crippen molar-refractivity contribution in [3.63, 3.8) is 0 Å². The van der Waals surface area contributed by atoms with E-state index in [0.29, 0.717) is 21.4 Å². The van der Waals surface area contributed by atoms with Gasteiger partial charge in [-0.25, -0.2) is 4.98 Å². The lowest BCUT2D eigenvalue weighted by molar-refractivity contribution is -0.132. The van der Waals surface area contributed by atoms with E-state index in [-0.39, 0.29) is 57.0 Å². The van der Waals surface area contributed by atoms with Crippen LogP contribution < -0.4 is 21.3 Å². The smallest absolute Gasteiger partial charge is 0.226 e. The number of ether oxygens (including phenoxy) is 1. The summed E-state index contributed by atoms with van der Waals surface area (Å²) in [5.41, 5.74) is 1.51. The van der Waals surface area contributed by atoms with Crippen molar-refractivity contribution in [2.75, 3.05) is 25.1 Å². The summed E-state index contributed by atoms with van der Waals surface area (Å²) < 4.78 is 5.87. The van der Waals surface area contributed by atoms with Gasteiger partial charge in [0.2, 0.25) is 11.8 Å². The molecule has 224 valence electrons. The first-order valence-electron chi connectivity index (χ1n) is 13.7. The highest BCUT2D eigenvalue weighted by Gasteiger charge is 2.27. The van der Waals surface area contributed by atoms with Crippen molar-refractivity contribution in [2.24, 2.45) is 5.92 Å². The predicted molar refractivity (Wildman–Crippen MR) is 165 cm³/mol. The molecular weight excluding hydrogens is 577 g/mol. The normalized spacial score (nSPS) is 12.4. The van der Waals surface area contributed by atoms with Crippen molar-refractivity contribution in [1.82, 2.24) is 20.9 Å². The molecule has 0 saturated heterocycles. The molecule has 1 aromatic heterocycles. The molecule has 2 amide bonds. The summed E-state index contributed by atoms with van der Waals surface area (Å²) >= 11 is 12.5. The van der Waals surface area contributed by atoms with E-state index in [1.807, 2.05) is 50.2 Å². The number of halogens is 2. The second-order valence-corrected chi connectivity index (χ2v) is 11.0. The topological polar surface area (TPSA) is 121 Å². The summed E-state index contributed by atoms with van der Waals surface area (Å²) in [5, 5.41) is 12.6. The van der Waals surface area contributed by atoms with E-state index < -0.39 is 17.9 Å². The summed E-state index contributed by atoms with van der Waals surface area (Å²) in [6.45, 7) is 4.50. The van der Waals surface area contributed by atoms with Crippen molar-refractivity contribution >= 4 is 46.6 Å². The third-order valence-corrected chi connectivity index (χ3v) is 6.63. The van der Waals surface area contributed by atoms with E-state index >= 15 is 0 Å². The molecule has 0 aliphatic rings. The number of aromatic nitrogens is 1. The molecule has 0 bridgehead atoms. The summed E-state index contributed by atoms with van der Waals surface area (Å²) in [6.07, 6.45) is 1.49. The van der Waals surface area contributed by atoms with Crippen molar-refractivity contribution in [3.05, 3.63) is 94.1 Å². The molecule has 0 spiro atoms. The molecule has 11 heteroatoms. The van der Waals surface area contributed by atoms with Gasteiger partial charge < -0.3 is 20.7 Å². The minimum absolute atomic E-state index is 0.00192. The fourth-order valence-electron chi connectivity index (χ4n) is 4.05. The maximum Gasteiger partial charge on any atom is 0.226 e. The quantitative estimate of drug-likeness (QED) is 0.160. The van der Waals surface area contributed by atoms with Gasteiger partial charge >= 0.3 is 0 Å². The van der Waals surface area contributed by atoms with Crippen molar-refractivity contribution in [3.8, 4) is 0 Å². The van der Waals surface area contributed by atoms with Crippen LogP contribution in [0.5, 0.6) is 0 Å². The van der Waals surface area contributed by atoms with Crippen LogP contribution in [-0.4, -0.2) is 48.4 Å². The summed E-state index contributed by atoms with van der Waals surface area (Å²) in [7, 11) is 0. The lowest BCUT2D eigenvalue weighted by Crippen LogP contribution is -2.41. The van der Waals surface area contributed by atoms with Crippen LogP contribution in [-0.2, 0) is 25.7 Å². The largest absolute Gasteiger partial charge is 0.376 e. The Morgan fingerprint density at radius 1 is 0.929 bits per heavy atom. The molecule has 0 aliphatic heterocycles. The summed E-state index contributed by atoms with van der Waals surface area (Å²) in [6, 6.07) is 19.2. The monoisotopic (exact) mass is 613 g/mol. The first-order chi connectivity index (χ1) is 20.2. The Morgan fingerprint density at radius 2 is 1.64 bits per heavy atom. The number of nitrogens with one attached hydrogen (secondary N) is 4. The Labute approximate surface area is 256 Å². The number of carbonyl (C=O) groups excluding carboxylic acids is 3. The van der Waals surface area contributed by atoms with Gasteiger partial charge in [-0.1, -0.05) is 59.6 Å². The van der Waals surface area contributed by atoms with E-state index in [0.717, 1.165) is 5.56 Å². The maximum atomic E-state index is 13.6. The van der Waals surface area contributed by atoms with E-state index in [9.17, 15) is 14.4 Å². The Balaban J connectivity index is 1.73. The Morgan fingerprint density at radius 3 is 2.31 bits per heavy atom. The lowest BCUT2D eigenvalue weighted by Gasteiger charge is -2.23. The summed E-state index contributed by atoms with van der Waals surface area (Å²) in [4.78, 5) is 43.5. The standard InChI is InChI=1S/C31H37Cl2N5O4/c1-21(2)36-20-37-30(40)16-28(23-12-25(32)15-26(33)13-23)38-31(41)24(19-42-18-22-8-4-3-5-9-22)14-27(39)17-35-29-10-6-7-11-34-29/h3-13,15,21,24,28,36H,14,16-20H2,1-2H3,(H,34,35)(H,37,40)(H,38,41). The number of ketones is 1. The molecule has 2 aromatic carbocycles. The van der Waals surface area contributed by atoms with Gasteiger partial charge in [0.1, 0.15) is 5.82 Å². The van der Waals surface area contributed by atoms with Crippen LogP contribution in [0, 0.1) is 5.92 Å². The van der Waals surface area contributed by atoms with Crippen LogP contribution >= 0.6 is 23.2 Å². The highest BCUT2D eigenvalue weighted by molar-refractivity contribution is 6.34. The zero-order valence-corrected chi connectivity index (χ0v) is 25.3. The van der Waals surface area contributed by atoms with E-state index in [2.05, 4.69) is 26.3 Å². The number of carbonyl (C=O) groups is 3. The first kappa shape index (κ1) is 33.0. The molecule has 0 aliphatic carbocycles. The van der Waals surface area contributed by atoms with Crippen LogP contribution in [0.3, 0.4) is 0 Å². The molecule has 3 aromatic rings. The van der Waals surface area contributed by atoms with Gasteiger partial charge in [0.15, 0.2) is 5.78 Å². The molecule has 0 saturated carbocycles. The van der Waals surface area contributed by atoms with E-state index in [1.165, 1.54) is 0 Å². The first-order valence-corrected chi connectivity index (χ1v) is 14.5. The second-order valence-electron chi connectivity index (χ2n) is 10.1. The van der Waals surface area contributed by atoms with Crippen LogP contribution in [0.25, 0.3) is 0 Å². The predicted octanol–water partition coefficient (Wildman–Crippen LogP) is 4.91. The Bertz CT molecular complexity index is 1270. The SMILES string of the molecule is CC(C)NCNC(=O)CC(NC(=O)C(COCc1ccccc1)CC(=O)CNc1ccccn1)c1cc(Cl)cc(Cl)c1. The van der Waals surface area contributed by atoms with Crippen molar-refractivity contribution < 1.29 is 19.1 Å². The van der Waals surface area contributed by atoms with Gasteiger partial charge in [-0.2, -0.15) is 0 Å². The molecule has 2 unspecified atom stereocenters. The number of hydrogen-bond acceptors (Lipinski definition) is 7. The van der Waals surface area contributed by atoms with Crippen LogP contribution in [0.15, 0.2) is 72.9 Å². The lowest BCUT2D eigenvalue weighted by atomic mass is 9.98. The third-order valence-electron chi connectivity index (χ3n) is 6.20. The zero-order valence-electron chi connectivity index (χ0n) is 23.7. The Hall–Kier alpha value is -3.50. The number of benzene rings is 2. The third kappa shape index (κ3) is 12.2. The molecule has 2 atom stereocenters. The van der Waals surface area contributed by atoms with Gasteiger partial charge in [-0.15, -0.1) is 0 Å². The van der Waals surface area contributed by atoms with Gasteiger partial charge in [0, 0.05) is 28.7 Å². The molecular formula is C31H37Cl2N5O4. The van der Waals surface area contributed by atoms with E-state index in [1.54, 1.807) is 36.5 Å². The van der Waals surface area contributed by atoms with Gasteiger partial charge in [0.25, 0.3) is 0 Å².